The van der Waals surface area contributed by atoms with Crippen molar-refractivity contribution in [3.05, 3.63) is 35.7 Å². The molecule has 2 aromatic rings. The molecular weight excluding hydrogens is 456 g/mol. The van der Waals surface area contributed by atoms with Crippen LogP contribution in [0.4, 0.5) is 0 Å². The van der Waals surface area contributed by atoms with Gasteiger partial charge in [0.1, 0.15) is 0 Å². The van der Waals surface area contributed by atoms with E-state index in [0.717, 1.165) is 11.1 Å². The maximum Gasteiger partial charge on any atom is 0.222 e. The second-order valence-electron chi connectivity index (χ2n) is 7.35. The molecule has 0 bridgehead atoms. The summed E-state index contributed by atoms with van der Waals surface area (Å²) in [6, 6.07) is 7.56. The maximum absolute atomic E-state index is 12.0. The van der Waals surface area contributed by atoms with Gasteiger partial charge in [-0.2, -0.15) is 0 Å². The van der Waals surface area contributed by atoms with Crippen LogP contribution in [0.2, 0.25) is 0 Å². The monoisotopic (exact) mass is 492 g/mol. The lowest BCUT2D eigenvalue weighted by molar-refractivity contribution is -0.122. The van der Waals surface area contributed by atoms with E-state index in [4.69, 9.17) is 29.4 Å². The summed E-state index contributed by atoms with van der Waals surface area (Å²) in [5.74, 6) is 0.908. The summed E-state index contributed by atoms with van der Waals surface area (Å²) in [5, 5.41) is 18.7. The zero-order valence-corrected chi connectivity index (χ0v) is 20.3. The Kier molecular flexibility index (Phi) is 15.3. The van der Waals surface area contributed by atoms with Gasteiger partial charge in [-0.05, 0) is 12.5 Å². The summed E-state index contributed by atoms with van der Waals surface area (Å²) in [5.41, 5.74) is 7.10. The summed E-state index contributed by atoms with van der Waals surface area (Å²) in [4.78, 5) is 12.0. The van der Waals surface area contributed by atoms with Gasteiger partial charge in [-0.1, -0.05) is 24.3 Å². The van der Waals surface area contributed by atoms with Crippen molar-refractivity contribution in [2.24, 2.45) is 5.73 Å². The first-order chi connectivity index (χ1) is 17.2. The largest absolute Gasteiger partial charge is 0.379 e. The zero-order chi connectivity index (χ0) is 25.0. The van der Waals surface area contributed by atoms with Gasteiger partial charge in [0.15, 0.2) is 5.82 Å². The van der Waals surface area contributed by atoms with Crippen molar-refractivity contribution >= 4 is 5.91 Å². The number of rotatable bonds is 20. The van der Waals surface area contributed by atoms with Crippen LogP contribution in [0.5, 0.6) is 0 Å². The third-order valence-electron chi connectivity index (χ3n) is 4.50. The van der Waals surface area contributed by atoms with Crippen LogP contribution < -0.4 is 11.1 Å². The number of aromatic nitrogens is 4. The van der Waals surface area contributed by atoms with Crippen LogP contribution in [0.15, 0.2) is 24.3 Å². The van der Waals surface area contributed by atoms with Crippen LogP contribution in [-0.2, 0) is 35.0 Å². The van der Waals surface area contributed by atoms with Crippen LogP contribution in [0.1, 0.15) is 17.8 Å². The zero-order valence-electron chi connectivity index (χ0n) is 20.3. The fraction of sp³-hybridized carbons (Fsp3) is 0.609. The highest BCUT2D eigenvalue weighted by Gasteiger charge is 2.05. The number of amides is 1. The molecule has 1 aromatic heterocycles. The average molecular weight is 493 g/mol. The molecule has 1 aromatic carbocycles. The van der Waals surface area contributed by atoms with E-state index in [1.54, 1.807) is 6.92 Å². The first-order valence-corrected chi connectivity index (χ1v) is 11.7. The minimum Gasteiger partial charge on any atom is -0.379 e. The molecule has 194 valence electrons. The molecule has 0 atom stereocenters. The van der Waals surface area contributed by atoms with Crippen molar-refractivity contribution in [3.63, 3.8) is 0 Å². The van der Waals surface area contributed by atoms with Gasteiger partial charge in [-0.15, -0.1) is 20.4 Å². The molecule has 2 rings (SSSR count). The van der Waals surface area contributed by atoms with Crippen molar-refractivity contribution in [1.29, 1.82) is 0 Å². The number of nitrogens with one attached hydrogen (secondary N) is 1. The van der Waals surface area contributed by atoms with Gasteiger partial charge >= 0.3 is 0 Å². The van der Waals surface area contributed by atoms with Crippen molar-refractivity contribution < 1.29 is 28.5 Å². The second-order valence-corrected chi connectivity index (χ2v) is 7.35. The van der Waals surface area contributed by atoms with Crippen LogP contribution in [0.25, 0.3) is 11.4 Å². The number of aryl methyl sites for hydroxylation is 1. The Bertz CT molecular complexity index is 809. The van der Waals surface area contributed by atoms with E-state index in [9.17, 15) is 4.79 Å². The number of ether oxygens (including phenoxy) is 5. The summed E-state index contributed by atoms with van der Waals surface area (Å²) >= 11 is 0. The number of carbonyl (C=O) groups excluding carboxylic acids is 1. The standard InChI is InChI=1S/C23H36N6O6/c1-19-26-28-23(29-27-19)21-4-2-20(3-5-21)18-25-22(30)6-8-31-10-12-33-14-16-35-17-15-34-13-11-32-9-7-24/h2-5H,6-18,24H2,1H3,(H,25,30). The molecule has 0 saturated carbocycles. The first kappa shape index (κ1) is 28.6. The SMILES string of the molecule is Cc1nnc(-c2ccc(CNC(=O)CCOCCOCCOCCOCCOCCN)cc2)nn1. The minimum atomic E-state index is -0.0770. The lowest BCUT2D eigenvalue weighted by atomic mass is 10.1. The fourth-order valence-electron chi connectivity index (χ4n) is 2.69. The third-order valence-corrected chi connectivity index (χ3v) is 4.50. The Balaban J connectivity index is 1.39. The summed E-state index contributed by atoms with van der Waals surface area (Å²) in [6.45, 7) is 7.49. The maximum atomic E-state index is 12.0. The Morgan fingerprint density at radius 2 is 1.23 bits per heavy atom. The van der Waals surface area contributed by atoms with E-state index in [2.05, 4.69) is 25.7 Å². The molecule has 3 N–H and O–H groups in total. The molecule has 0 fully saturated rings. The van der Waals surface area contributed by atoms with Gasteiger partial charge in [0.05, 0.1) is 66.1 Å². The van der Waals surface area contributed by atoms with Gasteiger partial charge in [0, 0.05) is 25.1 Å². The molecule has 0 radical (unpaired) electrons. The van der Waals surface area contributed by atoms with E-state index in [-0.39, 0.29) is 12.3 Å². The number of benzene rings is 1. The van der Waals surface area contributed by atoms with Crippen LogP contribution >= 0.6 is 0 Å². The fourth-order valence-corrected chi connectivity index (χ4v) is 2.69. The number of hydrogen-bond donors (Lipinski definition) is 2. The summed E-state index contributed by atoms with van der Waals surface area (Å²) in [7, 11) is 0. The van der Waals surface area contributed by atoms with Gasteiger partial charge in [-0.3, -0.25) is 4.79 Å². The lowest BCUT2D eigenvalue weighted by Crippen LogP contribution is -2.24. The highest BCUT2D eigenvalue weighted by Crippen LogP contribution is 2.13. The molecule has 0 spiro atoms. The number of carbonyl (C=O) groups is 1. The molecule has 12 nitrogen and oxygen atoms in total. The van der Waals surface area contributed by atoms with E-state index in [0.29, 0.717) is 90.8 Å². The van der Waals surface area contributed by atoms with E-state index in [1.807, 2.05) is 24.3 Å². The Hall–Kier alpha value is -2.61. The summed E-state index contributed by atoms with van der Waals surface area (Å²) in [6.07, 6.45) is 0.285. The van der Waals surface area contributed by atoms with E-state index in [1.165, 1.54) is 0 Å². The molecule has 12 heteroatoms. The van der Waals surface area contributed by atoms with Crippen molar-refractivity contribution in [1.82, 2.24) is 25.7 Å². The molecule has 35 heavy (non-hydrogen) atoms. The molecule has 0 aliphatic heterocycles. The molecule has 0 aliphatic carbocycles. The number of nitrogens with two attached hydrogens (primary N) is 1. The molecule has 0 saturated heterocycles. The minimum absolute atomic E-state index is 0.0770. The first-order valence-electron chi connectivity index (χ1n) is 11.7. The Morgan fingerprint density at radius 1 is 0.743 bits per heavy atom. The normalized spacial score (nSPS) is 11.0. The van der Waals surface area contributed by atoms with Crippen LogP contribution in [0.3, 0.4) is 0 Å². The quantitative estimate of drug-likeness (QED) is 0.245. The lowest BCUT2D eigenvalue weighted by Gasteiger charge is -2.08. The molecule has 1 heterocycles. The Morgan fingerprint density at radius 3 is 1.74 bits per heavy atom. The predicted octanol–water partition coefficient (Wildman–Crippen LogP) is 0.290. The smallest absolute Gasteiger partial charge is 0.222 e. The van der Waals surface area contributed by atoms with Gasteiger partial charge in [0.2, 0.25) is 11.7 Å². The molecule has 1 amide bonds. The van der Waals surface area contributed by atoms with Gasteiger partial charge in [-0.25, -0.2) is 0 Å². The average Bonchev–Trinajstić information content (AvgIpc) is 2.88. The highest BCUT2D eigenvalue weighted by atomic mass is 16.6. The molecular formula is C23H36N6O6. The Labute approximate surface area is 205 Å². The van der Waals surface area contributed by atoms with Gasteiger partial charge < -0.3 is 34.7 Å². The number of nitrogens with zero attached hydrogens (tertiary/aromatic N) is 4. The van der Waals surface area contributed by atoms with Crippen molar-refractivity contribution in [3.8, 4) is 11.4 Å². The summed E-state index contributed by atoms with van der Waals surface area (Å²) < 4.78 is 26.8. The predicted molar refractivity (Wildman–Crippen MR) is 127 cm³/mol. The third kappa shape index (κ3) is 13.8. The van der Waals surface area contributed by atoms with E-state index < -0.39 is 0 Å². The van der Waals surface area contributed by atoms with Crippen molar-refractivity contribution in [2.75, 3.05) is 72.6 Å². The highest BCUT2D eigenvalue weighted by molar-refractivity contribution is 5.75. The van der Waals surface area contributed by atoms with Crippen LogP contribution in [-0.4, -0.2) is 98.9 Å². The molecule has 0 unspecified atom stereocenters. The van der Waals surface area contributed by atoms with E-state index >= 15 is 0 Å². The number of hydrogen-bond acceptors (Lipinski definition) is 11. The topological polar surface area (TPSA) is 153 Å². The van der Waals surface area contributed by atoms with Gasteiger partial charge in [0.25, 0.3) is 0 Å². The second kappa shape index (κ2) is 18.7. The van der Waals surface area contributed by atoms with Crippen LogP contribution in [0, 0.1) is 6.92 Å². The van der Waals surface area contributed by atoms with Crippen molar-refractivity contribution in [2.45, 2.75) is 19.9 Å². The molecule has 0 aliphatic rings.